The topological polar surface area (TPSA) is 84.9 Å². The largest absolute Gasteiger partial charge is 0.494 e. The van der Waals surface area contributed by atoms with Crippen molar-refractivity contribution in [1.82, 2.24) is 10.2 Å². The van der Waals surface area contributed by atoms with E-state index in [1.807, 2.05) is 67.6 Å². The standard InChI is InChI=1S/C25H30N2O5/c1-19-14-15-22(25(30)32-18-20-9-4-2-5-10-20)27(19)24(29)17-26-23(28)13-8-16-31-21-11-6-3-7-12-21/h2-7,9-12,19,22H,8,13-18H2,1H3,(H,26,28). The lowest BCUT2D eigenvalue weighted by atomic mass is 10.2. The molecule has 0 spiro atoms. The maximum atomic E-state index is 12.7. The molecule has 2 atom stereocenters. The summed E-state index contributed by atoms with van der Waals surface area (Å²) in [6.45, 7) is 2.37. The average Bonchev–Trinajstić information content (AvgIpc) is 3.21. The van der Waals surface area contributed by atoms with Gasteiger partial charge in [-0.15, -0.1) is 0 Å². The van der Waals surface area contributed by atoms with E-state index in [0.717, 1.165) is 17.7 Å². The Morgan fingerprint density at radius 1 is 1.00 bits per heavy atom. The molecule has 0 radical (unpaired) electrons. The molecule has 2 unspecified atom stereocenters. The van der Waals surface area contributed by atoms with Gasteiger partial charge >= 0.3 is 5.97 Å². The molecule has 2 aromatic carbocycles. The first-order chi connectivity index (χ1) is 15.5. The van der Waals surface area contributed by atoms with E-state index in [2.05, 4.69) is 5.32 Å². The van der Waals surface area contributed by atoms with Gasteiger partial charge in [0.05, 0.1) is 13.2 Å². The summed E-state index contributed by atoms with van der Waals surface area (Å²) in [5, 5.41) is 2.66. The maximum absolute atomic E-state index is 12.7. The molecule has 1 N–H and O–H groups in total. The lowest BCUT2D eigenvalue weighted by Crippen LogP contribution is -2.48. The predicted molar refractivity (Wildman–Crippen MR) is 120 cm³/mol. The van der Waals surface area contributed by atoms with Crippen molar-refractivity contribution >= 4 is 17.8 Å². The van der Waals surface area contributed by atoms with Crippen molar-refractivity contribution in [3.63, 3.8) is 0 Å². The van der Waals surface area contributed by atoms with Crippen LogP contribution in [-0.4, -0.2) is 47.9 Å². The molecule has 170 valence electrons. The normalized spacial score (nSPS) is 17.6. The number of nitrogens with zero attached hydrogens (tertiary/aromatic N) is 1. The third-order valence-corrected chi connectivity index (χ3v) is 5.45. The van der Waals surface area contributed by atoms with Gasteiger partial charge in [-0.3, -0.25) is 9.59 Å². The molecule has 1 aliphatic rings. The van der Waals surface area contributed by atoms with Crippen LogP contribution in [0.3, 0.4) is 0 Å². The van der Waals surface area contributed by atoms with Crippen molar-refractivity contribution in [2.45, 2.75) is 51.3 Å². The lowest BCUT2D eigenvalue weighted by Gasteiger charge is -2.27. The number of likely N-dealkylation sites (tertiary alicyclic amines) is 1. The molecule has 1 saturated heterocycles. The highest BCUT2D eigenvalue weighted by Crippen LogP contribution is 2.25. The van der Waals surface area contributed by atoms with Crippen molar-refractivity contribution in [3.8, 4) is 5.75 Å². The van der Waals surface area contributed by atoms with E-state index in [0.29, 0.717) is 19.4 Å². The number of rotatable bonds is 10. The molecule has 7 nitrogen and oxygen atoms in total. The number of carbonyl (C=O) groups is 3. The van der Waals surface area contributed by atoms with Crippen molar-refractivity contribution in [2.75, 3.05) is 13.2 Å². The van der Waals surface area contributed by atoms with E-state index in [4.69, 9.17) is 9.47 Å². The molecule has 0 aromatic heterocycles. The van der Waals surface area contributed by atoms with Crippen molar-refractivity contribution in [1.29, 1.82) is 0 Å². The van der Waals surface area contributed by atoms with Crippen molar-refractivity contribution in [2.24, 2.45) is 0 Å². The van der Waals surface area contributed by atoms with Gasteiger partial charge in [0.15, 0.2) is 0 Å². The Kier molecular flexibility index (Phi) is 8.66. The summed E-state index contributed by atoms with van der Waals surface area (Å²) in [5.41, 5.74) is 0.897. The summed E-state index contributed by atoms with van der Waals surface area (Å²) in [6, 6.07) is 18.1. The second-order valence-corrected chi connectivity index (χ2v) is 7.88. The monoisotopic (exact) mass is 438 g/mol. The molecule has 0 aliphatic carbocycles. The minimum absolute atomic E-state index is 0.0760. The summed E-state index contributed by atoms with van der Waals surface area (Å²) in [7, 11) is 0. The quantitative estimate of drug-likeness (QED) is 0.455. The van der Waals surface area contributed by atoms with E-state index in [1.165, 1.54) is 0 Å². The second-order valence-electron chi connectivity index (χ2n) is 7.88. The van der Waals surface area contributed by atoms with Crippen LogP contribution in [0.1, 0.15) is 38.2 Å². The van der Waals surface area contributed by atoms with E-state index >= 15 is 0 Å². The Morgan fingerprint density at radius 3 is 2.41 bits per heavy atom. The third-order valence-electron chi connectivity index (χ3n) is 5.45. The molecule has 7 heteroatoms. The van der Waals surface area contributed by atoms with E-state index < -0.39 is 12.0 Å². The Hall–Kier alpha value is -3.35. The van der Waals surface area contributed by atoms with Gasteiger partial charge < -0.3 is 19.7 Å². The lowest BCUT2D eigenvalue weighted by molar-refractivity contribution is -0.155. The van der Waals surface area contributed by atoms with Crippen LogP contribution >= 0.6 is 0 Å². The molecule has 0 bridgehead atoms. The Bertz CT molecular complexity index is 888. The average molecular weight is 439 g/mol. The smallest absolute Gasteiger partial charge is 0.329 e. The number of benzene rings is 2. The minimum atomic E-state index is -0.614. The molecule has 0 saturated carbocycles. The summed E-state index contributed by atoms with van der Waals surface area (Å²) < 4.78 is 11.0. The van der Waals surface area contributed by atoms with Crippen LogP contribution < -0.4 is 10.1 Å². The van der Waals surface area contributed by atoms with E-state index in [1.54, 1.807) is 4.90 Å². The zero-order valence-electron chi connectivity index (χ0n) is 18.4. The van der Waals surface area contributed by atoms with E-state index in [-0.39, 0.29) is 37.4 Å². The molecule has 1 fully saturated rings. The third kappa shape index (κ3) is 6.83. The molecular weight excluding hydrogens is 408 g/mol. The minimum Gasteiger partial charge on any atom is -0.494 e. The maximum Gasteiger partial charge on any atom is 0.329 e. The molecule has 2 amide bonds. The fourth-order valence-corrected chi connectivity index (χ4v) is 3.75. The SMILES string of the molecule is CC1CCC(C(=O)OCc2ccccc2)N1C(=O)CNC(=O)CCCOc1ccccc1. The summed E-state index contributed by atoms with van der Waals surface area (Å²) in [4.78, 5) is 39.0. The summed E-state index contributed by atoms with van der Waals surface area (Å²) in [6.07, 6.45) is 2.09. The zero-order valence-corrected chi connectivity index (χ0v) is 18.4. The fraction of sp³-hybridized carbons (Fsp3) is 0.400. The molecular formula is C25H30N2O5. The van der Waals surface area contributed by atoms with Crippen LogP contribution in [0.15, 0.2) is 60.7 Å². The first-order valence-corrected chi connectivity index (χ1v) is 11.0. The number of hydrogen-bond donors (Lipinski definition) is 1. The van der Waals surface area contributed by atoms with Gasteiger partial charge in [-0.1, -0.05) is 48.5 Å². The number of carbonyl (C=O) groups excluding carboxylic acids is 3. The summed E-state index contributed by atoms with van der Waals surface area (Å²) >= 11 is 0. The van der Waals surface area contributed by atoms with Crippen molar-refractivity contribution in [3.05, 3.63) is 66.2 Å². The van der Waals surface area contributed by atoms with Gasteiger partial charge in [-0.2, -0.15) is 0 Å². The fourth-order valence-electron chi connectivity index (χ4n) is 3.75. The first kappa shape index (κ1) is 23.3. The van der Waals surface area contributed by atoms with E-state index in [9.17, 15) is 14.4 Å². The van der Waals surface area contributed by atoms with Gasteiger partial charge in [-0.25, -0.2) is 4.79 Å². The molecule has 2 aromatic rings. The van der Waals surface area contributed by atoms with Gasteiger partial charge in [-0.05, 0) is 43.9 Å². The highest BCUT2D eigenvalue weighted by molar-refractivity contribution is 5.89. The van der Waals surface area contributed by atoms with Crippen LogP contribution in [0.5, 0.6) is 5.75 Å². The number of esters is 1. The number of para-hydroxylation sites is 1. The van der Waals surface area contributed by atoms with Gasteiger partial charge in [0.2, 0.25) is 11.8 Å². The molecule has 3 rings (SSSR count). The Morgan fingerprint density at radius 2 is 1.69 bits per heavy atom. The number of nitrogens with one attached hydrogen (secondary N) is 1. The van der Waals surface area contributed by atoms with Gasteiger partial charge in [0, 0.05) is 12.5 Å². The number of ether oxygens (including phenoxy) is 2. The molecule has 32 heavy (non-hydrogen) atoms. The zero-order chi connectivity index (χ0) is 22.8. The Labute approximate surface area is 188 Å². The first-order valence-electron chi connectivity index (χ1n) is 11.0. The van der Waals surface area contributed by atoms with Gasteiger partial charge in [0.25, 0.3) is 0 Å². The second kappa shape index (κ2) is 11.9. The number of amides is 2. The Balaban J connectivity index is 1.40. The molecule has 1 aliphatic heterocycles. The molecule has 1 heterocycles. The van der Waals surface area contributed by atoms with Crippen molar-refractivity contribution < 1.29 is 23.9 Å². The van der Waals surface area contributed by atoms with Crippen LogP contribution in [0.2, 0.25) is 0 Å². The highest BCUT2D eigenvalue weighted by Gasteiger charge is 2.39. The highest BCUT2D eigenvalue weighted by atomic mass is 16.5. The van der Waals surface area contributed by atoms with Crippen LogP contribution in [0.25, 0.3) is 0 Å². The number of hydrogen-bond acceptors (Lipinski definition) is 5. The van der Waals surface area contributed by atoms with Crippen LogP contribution in [0.4, 0.5) is 0 Å². The predicted octanol–water partition coefficient (Wildman–Crippen LogP) is 3.08. The van der Waals surface area contributed by atoms with Gasteiger partial charge in [0.1, 0.15) is 18.4 Å². The van der Waals surface area contributed by atoms with Crippen LogP contribution in [0, 0.1) is 0 Å². The summed E-state index contributed by atoms with van der Waals surface area (Å²) in [5.74, 6) is -0.136. The van der Waals surface area contributed by atoms with Crippen LogP contribution in [-0.2, 0) is 25.7 Å².